The van der Waals surface area contributed by atoms with E-state index in [4.69, 9.17) is 14.2 Å². The molecule has 0 aliphatic rings. The van der Waals surface area contributed by atoms with Crippen molar-refractivity contribution in [3.63, 3.8) is 0 Å². The van der Waals surface area contributed by atoms with Crippen molar-refractivity contribution in [2.24, 2.45) is 0 Å². The van der Waals surface area contributed by atoms with Gasteiger partial charge in [-0.25, -0.2) is 9.19 Å². The Hall–Kier alpha value is -3.40. The number of hydrogen-bond donors (Lipinski definition) is 1. The lowest BCUT2D eigenvalue weighted by atomic mass is 10.2. The zero-order valence-corrected chi connectivity index (χ0v) is 17.9. The number of carbonyl (C=O) groups excluding carboxylic acids is 1. The molecule has 9 nitrogen and oxygen atoms in total. The molecule has 0 aliphatic heterocycles. The van der Waals surface area contributed by atoms with Gasteiger partial charge in [-0.3, -0.25) is 14.2 Å². The molecule has 158 valence electrons. The summed E-state index contributed by atoms with van der Waals surface area (Å²) in [6, 6.07) is 8.52. The van der Waals surface area contributed by atoms with Crippen molar-refractivity contribution in [2.45, 2.75) is 18.4 Å². The van der Waals surface area contributed by atoms with Gasteiger partial charge >= 0.3 is 0 Å². The number of carbonyl (C=O) groups is 1. The summed E-state index contributed by atoms with van der Waals surface area (Å²) in [6.45, 7) is 2.25. The predicted molar refractivity (Wildman–Crippen MR) is 110 cm³/mol. The van der Waals surface area contributed by atoms with Gasteiger partial charge in [-0.05, 0) is 36.8 Å². The van der Waals surface area contributed by atoms with Crippen LogP contribution in [-0.4, -0.2) is 46.2 Å². The van der Waals surface area contributed by atoms with Gasteiger partial charge in [-0.2, -0.15) is 5.10 Å². The Kier molecular flexibility index (Phi) is 6.68. The van der Waals surface area contributed by atoms with E-state index in [1.807, 2.05) is 19.2 Å². The van der Waals surface area contributed by atoms with E-state index in [2.05, 4.69) is 14.8 Å². The summed E-state index contributed by atoms with van der Waals surface area (Å²) >= 11 is 0. The molecule has 2 aromatic heterocycles. The second-order valence-electron chi connectivity index (χ2n) is 6.22. The quantitative estimate of drug-likeness (QED) is 0.584. The fourth-order valence-electron chi connectivity index (χ4n) is 2.88. The lowest BCUT2D eigenvalue weighted by molar-refractivity contribution is 0.0977. The maximum absolute atomic E-state index is 12.9. The first-order valence-corrected chi connectivity index (χ1v) is 10.1. The Morgan fingerprint density at radius 3 is 2.57 bits per heavy atom. The van der Waals surface area contributed by atoms with Crippen LogP contribution >= 0.6 is 0 Å². The number of rotatable bonds is 8. The first-order chi connectivity index (χ1) is 14.5. The monoisotopic (exact) mass is 430 g/mol. The van der Waals surface area contributed by atoms with Crippen molar-refractivity contribution in [3.05, 3.63) is 59.5 Å². The van der Waals surface area contributed by atoms with Crippen molar-refractivity contribution in [1.82, 2.24) is 19.5 Å². The van der Waals surface area contributed by atoms with Crippen LogP contribution in [0.15, 0.2) is 47.6 Å². The van der Waals surface area contributed by atoms with Crippen LogP contribution < -0.4 is 18.9 Å². The minimum atomic E-state index is -1.93. The predicted octanol–water partition coefficient (Wildman–Crippen LogP) is 2.11. The van der Waals surface area contributed by atoms with Gasteiger partial charge in [-0.1, -0.05) is 6.07 Å². The maximum atomic E-state index is 12.9. The van der Waals surface area contributed by atoms with Crippen LogP contribution in [0.2, 0.25) is 0 Å². The van der Waals surface area contributed by atoms with Crippen molar-refractivity contribution < 1.29 is 23.2 Å². The molecule has 0 spiro atoms. The van der Waals surface area contributed by atoms with Crippen LogP contribution in [0.25, 0.3) is 0 Å². The normalized spacial score (nSPS) is 11.6. The fourth-order valence-corrected chi connectivity index (χ4v) is 4.00. The van der Waals surface area contributed by atoms with Gasteiger partial charge in [0.25, 0.3) is 5.91 Å². The highest BCUT2D eigenvalue weighted by molar-refractivity contribution is 7.84. The molecule has 10 heteroatoms. The first kappa shape index (κ1) is 21.3. The standard InChI is InChI=1S/C20H22N4O5S/c1-13-6-9-16(27-2)18(17(13)28-3)30(26)23-19(25)15-8-7-14(20(22-15)29-4)12-24-11-5-10-21-24/h5-11H,12H2,1-4H3,(H,23,25). The average molecular weight is 430 g/mol. The molecule has 1 amide bonds. The number of nitrogens with one attached hydrogen (secondary N) is 1. The number of nitrogens with zero attached hydrogens (tertiary/aromatic N) is 3. The van der Waals surface area contributed by atoms with Gasteiger partial charge in [-0.15, -0.1) is 0 Å². The van der Waals surface area contributed by atoms with Crippen LogP contribution in [0.5, 0.6) is 17.4 Å². The van der Waals surface area contributed by atoms with Gasteiger partial charge in [0.2, 0.25) is 5.88 Å². The first-order valence-electron chi connectivity index (χ1n) is 8.94. The summed E-state index contributed by atoms with van der Waals surface area (Å²) in [6.07, 6.45) is 3.48. The summed E-state index contributed by atoms with van der Waals surface area (Å²) in [5, 5.41) is 4.15. The third-order valence-corrected chi connectivity index (χ3v) is 5.45. The number of amides is 1. The van der Waals surface area contributed by atoms with Gasteiger partial charge in [0.15, 0.2) is 11.0 Å². The Labute approximate surface area is 176 Å². The van der Waals surface area contributed by atoms with E-state index in [-0.39, 0.29) is 16.5 Å². The molecule has 1 aromatic carbocycles. The van der Waals surface area contributed by atoms with Gasteiger partial charge < -0.3 is 14.2 Å². The van der Waals surface area contributed by atoms with Crippen molar-refractivity contribution in [1.29, 1.82) is 0 Å². The maximum Gasteiger partial charge on any atom is 0.281 e. The molecule has 0 saturated heterocycles. The molecule has 1 unspecified atom stereocenters. The molecule has 0 bridgehead atoms. The largest absolute Gasteiger partial charge is 0.495 e. The van der Waals surface area contributed by atoms with Crippen molar-refractivity contribution in [3.8, 4) is 17.4 Å². The Morgan fingerprint density at radius 1 is 1.13 bits per heavy atom. The summed E-state index contributed by atoms with van der Waals surface area (Å²) in [7, 11) is 2.46. The third-order valence-electron chi connectivity index (χ3n) is 4.32. The summed E-state index contributed by atoms with van der Waals surface area (Å²) in [5.74, 6) is 0.391. The Balaban J connectivity index is 1.84. The highest BCUT2D eigenvalue weighted by atomic mass is 32.2. The average Bonchev–Trinajstić information content (AvgIpc) is 3.26. The fraction of sp³-hybridized carbons (Fsp3) is 0.250. The molecule has 3 rings (SSSR count). The minimum absolute atomic E-state index is 0.0648. The molecule has 2 heterocycles. The van der Waals surface area contributed by atoms with E-state index >= 15 is 0 Å². The molecule has 30 heavy (non-hydrogen) atoms. The van der Waals surface area contributed by atoms with Gasteiger partial charge in [0.1, 0.15) is 22.1 Å². The molecule has 1 atom stereocenters. The van der Waals surface area contributed by atoms with Crippen LogP contribution in [0.1, 0.15) is 21.6 Å². The molecule has 0 saturated carbocycles. The van der Waals surface area contributed by atoms with E-state index in [1.165, 1.54) is 21.3 Å². The highest BCUT2D eigenvalue weighted by Crippen LogP contribution is 2.34. The zero-order chi connectivity index (χ0) is 21.7. The van der Waals surface area contributed by atoms with E-state index in [1.54, 1.807) is 35.1 Å². The number of pyridine rings is 1. The lowest BCUT2D eigenvalue weighted by Gasteiger charge is -2.15. The lowest BCUT2D eigenvalue weighted by Crippen LogP contribution is -2.27. The molecule has 1 N–H and O–H groups in total. The molecular formula is C20H22N4O5S. The topological polar surface area (TPSA) is 105 Å². The number of benzene rings is 1. The van der Waals surface area contributed by atoms with E-state index < -0.39 is 16.9 Å². The van der Waals surface area contributed by atoms with Crippen LogP contribution in [0, 0.1) is 6.92 Å². The zero-order valence-electron chi connectivity index (χ0n) is 17.0. The van der Waals surface area contributed by atoms with E-state index in [0.717, 1.165) is 11.1 Å². The van der Waals surface area contributed by atoms with Crippen LogP contribution in [0.3, 0.4) is 0 Å². The second-order valence-corrected chi connectivity index (χ2v) is 7.37. The second kappa shape index (κ2) is 9.40. The smallest absolute Gasteiger partial charge is 0.281 e. The third kappa shape index (κ3) is 4.43. The summed E-state index contributed by atoms with van der Waals surface area (Å²) in [5.41, 5.74) is 1.58. The number of ether oxygens (including phenoxy) is 3. The van der Waals surface area contributed by atoms with E-state index in [0.29, 0.717) is 18.0 Å². The minimum Gasteiger partial charge on any atom is -0.495 e. The molecule has 0 fully saturated rings. The Morgan fingerprint density at radius 2 is 1.93 bits per heavy atom. The number of methoxy groups -OCH3 is 3. The summed E-state index contributed by atoms with van der Waals surface area (Å²) < 4.78 is 33.0. The van der Waals surface area contributed by atoms with Gasteiger partial charge in [0, 0.05) is 18.0 Å². The molecule has 0 radical (unpaired) electrons. The SMILES string of the molecule is COc1ccc(C)c(OC)c1S(=O)NC(=O)c1ccc(Cn2cccn2)c(OC)n1. The van der Waals surface area contributed by atoms with Crippen molar-refractivity contribution >= 4 is 16.9 Å². The molecular weight excluding hydrogens is 408 g/mol. The van der Waals surface area contributed by atoms with Crippen LogP contribution in [-0.2, 0) is 17.5 Å². The molecule has 0 aliphatic carbocycles. The number of aryl methyl sites for hydroxylation is 1. The highest BCUT2D eigenvalue weighted by Gasteiger charge is 2.22. The van der Waals surface area contributed by atoms with Crippen LogP contribution in [0.4, 0.5) is 0 Å². The number of hydrogen-bond acceptors (Lipinski definition) is 7. The van der Waals surface area contributed by atoms with Crippen molar-refractivity contribution in [2.75, 3.05) is 21.3 Å². The number of aromatic nitrogens is 3. The van der Waals surface area contributed by atoms with E-state index in [9.17, 15) is 9.00 Å². The molecule has 3 aromatic rings. The summed E-state index contributed by atoms with van der Waals surface area (Å²) in [4.78, 5) is 17.2. The Bertz CT molecular complexity index is 1070. The van der Waals surface area contributed by atoms with Gasteiger partial charge in [0.05, 0.1) is 27.9 Å².